The summed E-state index contributed by atoms with van der Waals surface area (Å²) in [7, 11) is 3.12. The molecule has 2 aromatic rings. The molecule has 2 aromatic carbocycles. The Hall–Kier alpha value is -3.22. The van der Waals surface area contributed by atoms with Gasteiger partial charge in [0.25, 0.3) is 0 Å². The molecule has 3 amide bonds. The predicted octanol–water partition coefficient (Wildman–Crippen LogP) is 3.15. The Balaban J connectivity index is 1.66. The number of hydrogen-bond acceptors (Lipinski definition) is 4. The molecule has 7 nitrogen and oxygen atoms in total. The summed E-state index contributed by atoms with van der Waals surface area (Å²) in [4.78, 5) is 28.4. The van der Waals surface area contributed by atoms with Crippen LogP contribution in [0.2, 0.25) is 0 Å². The first kappa shape index (κ1) is 19.5. The van der Waals surface area contributed by atoms with Crippen molar-refractivity contribution in [3.05, 3.63) is 48.0 Å². The molecular formula is C21H25N3O4. The molecule has 0 aromatic heterocycles. The van der Waals surface area contributed by atoms with Crippen LogP contribution in [-0.4, -0.2) is 50.7 Å². The van der Waals surface area contributed by atoms with Crippen LogP contribution in [0.1, 0.15) is 12.5 Å². The summed E-state index contributed by atoms with van der Waals surface area (Å²) in [6.45, 7) is 3.04. The molecule has 0 spiro atoms. The number of methoxy groups -OCH3 is 2. The second-order valence-electron chi connectivity index (χ2n) is 6.45. The van der Waals surface area contributed by atoms with E-state index in [1.807, 2.05) is 31.2 Å². The lowest BCUT2D eigenvalue weighted by Gasteiger charge is -2.20. The summed E-state index contributed by atoms with van der Waals surface area (Å²) in [6.07, 6.45) is 0.826. The number of carbonyl (C=O) groups excluding carboxylic acids is 2. The third-order valence-electron chi connectivity index (χ3n) is 4.78. The number of nitrogens with one attached hydrogen (secondary N) is 1. The average Bonchev–Trinajstić information content (AvgIpc) is 3.07. The highest BCUT2D eigenvalue weighted by molar-refractivity contribution is 5.99. The molecule has 7 heteroatoms. The van der Waals surface area contributed by atoms with E-state index < -0.39 is 0 Å². The summed E-state index contributed by atoms with van der Waals surface area (Å²) in [5.74, 6) is 0.951. The van der Waals surface area contributed by atoms with Crippen molar-refractivity contribution < 1.29 is 19.1 Å². The minimum Gasteiger partial charge on any atom is -0.493 e. The van der Waals surface area contributed by atoms with Crippen LogP contribution in [0.5, 0.6) is 11.5 Å². The fraction of sp³-hybridized carbons (Fsp3) is 0.333. The van der Waals surface area contributed by atoms with Crippen molar-refractivity contribution in [3.8, 4) is 11.5 Å². The van der Waals surface area contributed by atoms with E-state index in [1.165, 1.54) is 0 Å². The first-order chi connectivity index (χ1) is 13.6. The Morgan fingerprint density at radius 1 is 1.07 bits per heavy atom. The van der Waals surface area contributed by atoms with Gasteiger partial charge >= 0.3 is 6.03 Å². The van der Waals surface area contributed by atoms with E-state index >= 15 is 0 Å². The average molecular weight is 383 g/mol. The Kier molecular flexibility index (Phi) is 6.03. The van der Waals surface area contributed by atoms with Gasteiger partial charge in [-0.25, -0.2) is 4.79 Å². The zero-order valence-corrected chi connectivity index (χ0v) is 16.4. The maximum Gasteiger partial charge on any atom is 0.325 e. The van der Waals surface area contributed by atoms with Crippen LogP contribution in [0, 0.1) is 0 Å². The second-order valence-corrected chi connectivity index (χ2v) is 6.45. The Morgan fingerprint density at radius 2 is 1.82 bits per heavy atom. The Morgan fingerprint density at radius 3 is 2.54 bits per heavy atom. The molecule has 1 saturated heterocycles. The molecule has 0 unspecified atom stereocenters. The van der Waals surface area contributed by atoms with Gasteiger partial charge in [-0.15, -0.1) is 0 Å². The largest absolute Gasteiger partial charge is 0.493 e. The SMILES string of the molecule is CCc1ccccc1NC(=O)CN1CCN(c2ccc(OC)c(OC)c2)C1=O. The van der Waals surface area contributed by atoms with E-state index in [0.717, 1.165) is 17.7 Å². The van der Waals surface area contributed by atoms with Gasteiger partial charge in [-0.05, 0) is 30.2 Å². The van der Waals surface area contributed by atoms with Crippen LogP contribution in [0.25, 0.3) is 0 Å². The van der Waals surface area contributed by atoms with Gasteiger partial charge in [-0.3, -0.25) is 9.69 Å². The lowest BCUT2D eigenvalue weighted by atomic mass is 10.1. The standard InChI is InChI=1S/C21H25N3O4/c1-4-15-7-5-6-8-17(15)22-20(25)14-23-11-12-24(21(23)26)16-9-10-18(27-2)19(13-16)28-3/h5-10,13H,4,11-12,14H2,1-3H3,(H,22,25). The highest BCUT2D eigenvalue weighted by Gasteiger charge is 2.31. The fourth-order valence-electron chi connectivity index (χ4n) is 3.28. The first-order valence-electron chi connectivity index (χ1n) is 9.23. The number of nitrogens with zero attached hydrogens (tertiary/aromatic N) is 2. The van der Waals surface area contributed by atoms with Gasteiger partial charge in [0.15, 0.2) is 11.5 Å². The van der Waals surface area contributed by atoms with Crippen molar-refractivity contribution in [1.82, 2.24) is 4.90 Å². The summed E-state index contributed by atoms with van der Waals surface area (Å²) in [6, 6.07) is 12.8. The van der Waals surface area contributed by atoms with Crippen molar-refractivity contribution in [1.29, 1.82) is 0 Å². The molecule has 0 saturated carbocycles. The van der Waals surface area contributed by atoms with Crippen molar-refractivity contribution in [2.45, 2.75) is 13.3 Å². The van der Waals surface area contributed by atoms with Crippen LogP contribution in [0.15, 0.2) is 42.5 Å². The van der Waals surface area contributed by atoms with E-state index in [-0.39, 0.29) is 18.5 Å². The van der Waals surface area contributed by atoms with Gasteiger partial charge in [0, 0.05) is 30.5 Å². The Labute approximate surface area is 164 Å². The quantitative estimate of drug-likeness (QED) is 0.797. The molecule has 1 aliphatic rings. The van der Waals surface area contributed by atoms with Crippen LogP contribution in [0.3, 0.4) is 0 Å². The summed E-state index contributed by atoms with van der Waals surface area (Å²) in [5, 5.41) is 2.91. The lowest BCUT2D eigenvalue weighted by Crippen LogP contribution is -2.37. The van der Waals surface area contributed by atoms with Gasteiger partial charge < -0.3 is 19.7 Å². The number of amides is 3. The maximum absolute atomic E-state index is 12.8. The first-order valence-corrected chi connectivity index (χ1v) is 9.23. The zero-order chi connectivity index (χ0) is 20.1. The molecule has 1 fully saturated rings. The number of hydrogen-bond donors (Lipinski definition) is 1. The highest BCUT2D eigenvalue weighted by Crippen LogP contribution is 2.32. The fourth-order valence-corrected chi connectivity index (χ4v) is 3.28. The zero-order valence-electron chi connectivity index (χ0n) is 16.4. The van der Waals surface area contributed by atoms with Gasteiger partial charge in [-0.2, -0.15) is 0 Å². The number of benzene rings is 2. The third-order valence-corrected chi connectivity index (χ3v) is 4.78. The van der Waals surface area contributed by atoms with Crippen molar-refractivity contribution in [3.63, 3.8) is 0 Å². The van der Waals surface area contributed by atoms with Crippen LogP contribution < -0.4 is 19.7 Å². The smallest absolute Gasteiger partial charge is 0.325 e. The summed E-state index contributed by atoms with van der Waals surface area (Å²) in [5.41, 5.74) is 2.57. The van der Waals surface area contributed by atoms with Crippen molar-refractivity contribution in [2.75, 3.05) is 44.1 Å². The second kappa shape index (κ2) is 8.65. The van der Waals surface area contributed by atoms with Gasteiger partial charge in [0.1, 0.15) is 6.54 Å². The molecule has 148 valence electrons. The number of carbonyl (C=O) groups is 2. The predicted molar refractivity (Wildman–Crippen MR) is 108 cm³/mol. The minimum absolute atomic E-state index is 0.0146. The molecule has 1 heterocycles. The molecule has 28 heavy (non-hydrogen) atoms. The van der Waals surface area contributed by atoms with E-state index in [2.05, 4.69) is 5.32 Å². The highest BCUT2D eigenvalue weighted by atomic mass is 16.5. The number of aryl methyl sites for hydroxylation is 1. The maximum atomic E-state index is 12.8. The third kappa shape index (κ3) is 4.03. The molecule has 3 rings (SSSR count). The number of ether oxygens (including phenoxy) is 2. The van der Waals surface area contributed by atoms with Crippen LogP contribution >= 0.6 is 0 Å². The normalized spacial score (nSPS) is 13.6. The topological polar surface area (TPSA) is 71.1 Å². The molecule has 0 radical (unpaired) electrons. The van der Waals surface area contributed by atoms with E-state index in [4.69, 9.17) is 9.47 Å². The monoisotopic (exact) mass is 383 g/mol. The van der Waals surface area contributed by atoms with Crippen molar-refractivity contribution >= 4 is 23.3 Å². The number of anilines is 2. The molecule has 1 N–H and O–H groups in total. The summed E-state index contributed by atoms with van der Waals surface area (Å²) >= 11 is 0. The molecule has 0 bridgehead atoms. The summed E-state index contributed by atoms with van der Waals surface area (Å²) < 4.78 is 10.5. The number of rotatable bonds is 7. The van der Waals surface area contributed by atoms with E-state index in [9.17, 15) is 9.59 Å². The van der Waals surface area contributed by atoms with Crippen molar-refractivity contribution in [2.24, 2.45) is 0 Å². The van der Waals surface area contributed by atoms with Gasteiger partial charge in [0.2, 0.25) is 5.91 Å². The lowest BCUT2D eigenvalue weighted by molar-refractivity contribution is -0.116. The van der Waals surface area contributed by atoms with Crippen LogP contribution in [0.4, 0.5) is 16.2 Å². The van der Waals surface area contributed by atoms with Gasteiger partial charge in [0.05, 0.1) is 14.2 Å². The molecule has 0 atom stereocenters. The van der Waals surface area contributed by atoms with E-state index in [0.29, 0.717) is 30.3 Å². The molecule has 1 aliphatic heterocycles. The Bertz CT molecular complexity index is 868. The molecule has 0 aliphatic carbocycles. The van der Waals surface area contributed by atoms with E-state index in [1.54, 1.807) is 42.2 Å². The van der Waals surface area contributed by atoms with Gasteiger partial charge in [-0.1, -0.05) is 25.1 Å². The number of urea groups is 1. The minimum atomic E-state index is -0.205. The van der Waals surface area contributed by atoms with Crippen LogP contribution in [-0.2, 0) is 11.2 Å². The number of para-hydroxylation sites is 1. The molecular weight excluding hydrogens is 358 g/mol.